The molecule has 0 radical (unpaired) electrons. The van der Waals surface area contributed by atoms with Crippen molar-refractivity contribution in [1.29, 1.82) is 0 Å². The summed E-state index contributed by atoms with van der Waals surface area (Å²) in [5, 5.41) is 2.84. The average Bonchev–Trinajstić information content (AvgIpc) is 2.92. The molecule has 2 aliphatic carbocycles. The van der Waals surface area contributed by atoms with E-state index in [1.165, 1.54) is 26.4 Å². The van der Waals surface area contributed by atoms with E-state index in [9.17, 15) is 9.59 Å². The van der Waals surface area contributed by atoms with Crippen LogP contribution in [0.25, 0.3) is 0 Å². The molecule has 5 nitrogen and oxygen atoms in total. The highest BCUT2D eigenvalue weighted by molar-refractivity contribution is 5.89. The van der Waals surface area contributed by atoms with Crippen LogP contribution in [0.15, 0.2) is 0 Å². The van der Waals surface area contributed by atoms with E-state index in [2.05, 4.69) is 5.32 Å². The summed E-state index contributed by atoms with van der Waals surface area (Å²) in [5.41, 5.74) is 0. The molecule has 2 amide bonds. The lowest BCUT2D eigenvalue weighted by molar-refractivity contribution is -0.152. The predicted molar refractivity (Wildman–Crippen MR) is 78.5 cm³/mol. The first kappa shape index (κ1) is 14.8. The minimum absolute atomic E-state index is 0.00720. The van der Waals surface area contributed by atoms with Crippen LogP contribution in [0, 0.1) is 23.7 Å². The van der Waals surface area contributed by atoms with Gasteiger partial charge in [-0.3, -0.25) is 9.59 Å². The Labute approximate surface area is 126 Å². The van der Waals surface area contributed by atoms with Crippen molar-refractivity contribution < 1.29 is 14.3 Å². The lowest BCUT2D eigenvalue weighted by Gasteiger charge is -2.51. The van der Waals surface area contributed by atoms with Crippen LogP contribution in [0.4, 0.5) is 0 Å². The first-order chi connectivity index (χ1) is 10.0. The van der Waals surface area contributed by atoms with Gasteiger partial charge in [-0.2, -0.15) is 0 Å². The number of carbonyl (C=O) groups excluding carboxylic acids is 2. The van der Waals surface area contributed by atoms with Crippen LogP contribution >= 0.6 is 0 Å². The molecule has 1 heterocycles. The second-order valence-electron chi connectivity index (χ2n) is 7.20. The molecule has 1 saturated heterocycles. The van der Waals surface area contributed by atoms with Gasteiger partial charge in [-0.05, 0) is 37.0 Å². The van der Waals surface area contributed by atoms with Crippen molar-refractivity contribution in [3.05, 3.63) is 0 Å². The highest BCUT2D eigenvalue weighted by atomic mass is 16.5. The molecule has 0 aromatic carbocycles. The number of methoxy groups -OCH3 is 1. The monoisotopic (exact) mass is 294 g/mol. The second-order valence-corrected chi connectivity index (χ2v) is 7.20. The number of rotatable bonds is 5. The predicted octanol–water partition coefficient (Wildman–Crippen LogP) is 1.03. The number of likely N-dealkylation sites (tertiary alicyclic amines) is 1. The van der Waals surface area contributed by atoms with Gasteiger partial charge in [-0.1, -0.05) is 13.8 Å². The molecule has 0 aromatic rings. The van der Waals surface area contributed by atoms with Crippen molar-refractivity contribution in [2.45, 2.75) is 45.2 Å². The number of hydrogen-bond acceptors (Lipinski definition) is 3. The van der Waals surface area contributed by atoms with E-state index in [4.69, 9.17) is 4.74 Å². The Morgan fingerprint density at radius 1 is 1.29 bits per heavy atom. The molecular formula is C16H26N2O3. The zero-order valence-electron chi connectivity index (χ0n) is 13.2. The fraction of sp³-hybridized carbons (Fsp3) is 0.875. The number of fused-ring (bicyclic) bond motifs is 5. The van der Waals surface area contributed by atoms with Crippen molar-refractivity contribution in [1.82, 2.24) is 10.2 Å². The lowest BCUT2D eigenvalue weighted by Crippen LogP contribution is -2.65. The van der Waals surface area contributed by atoms with Crippen molar-refractivity contribution in [3.8, 4) is 0 Å². The zero-order chi connectivity index (χ0) is 15.1. The van der Waals surface area contributed by atoms with Gasteiger partial charge in [-0.15, -0.1) is 0 Å². The molecule has 3 aliphatic rings. The summed E-state index contributed by atoms with van der Waals surface area (Å²) in [4.78, 5) is 26.6. The number of carbonyl (C=O) groups is 2. The number of nitrogens with zero attached hydrogens (tertiary/aromatic N) is 1. The summed E-state index contributed by atoms with van der Waals surface area (Å²) in [7, 11) is 1.49. The quantitative estimate of drug-likeness (QED) is 0.824. The van der Waals surface area contributed by atoms with E-state index in [-0.39, 0.29) is 24.3 Å². The molecule has 2 bridgehead atoms. The highest BCUT2D eigenvalue weighted by Gasteiger charge is 2.58. The lowest BCUT2D eigenvalue weighted by atomic mass is 9.76. The third kappa shape index (κ3) is 2.45. The molecule has 118 valence electrons. The zero-order valence-corrected chi connectivity index (χ0v) is 13.2. The van der Waals surface area contributed by atoms with Gasteiger partial charge in [-0.25, -0.2) is 0 Å². The minimum atomic E-state index is -0.423. The molecule has 3 fully saturated rings. The Bertz CT molecular complexity index is 435. The number of hydrogen-bond donors (Lipinski definition) is 1. The Morgan fingerprint density at radius 2 is 2.00 bits per heavy atom. The Balaban J connectivity index is 1.64. The van der Waals surface area contributed by atoms with Gasteiger partial charge in [0.15, 0.2) is 0 Å². The molecule has 0 unspecified atom stereocenters. The molecular weight excluding hydrogens is 268 g/mol. The van der Waals surface area contributed by atoms with Gasteiger partial charge in [0.25, 0.3) is 0 Å². The molecule has 2 saturated carbocycles. The standard InChI is InChI=1S/C16H26N2O3/c1-9(2)14(17-13(19)8-21-3)16(20)18-7-12-10-4-5-11(6-10)15(12)18/h9-12,14-15H,4-8H2,1-3H3,(H,17,19)/t10-,11-,12+,14-,15+/m0/s1. The largest absolute Gasteiger partial charge is 0.375 e. The minimum Gasteiger partial charge on any atom is -0.375 e. The molecule has 1 N–H and O–H groups in total. The first-order valence-corrected chi connectivity index (χ1v) is 8.11. The van der Waals surface area contributed by atoms with Crippen LogP contribution in [0.5, 0.6) is 0 Å². The molecule has 1 aliphatic heterocycles. The maximum atomic E-state index is 12.8. The van der Waals surface area contributed by atoms with Crippen molar-refractivity contribution in [2.24, 2.45) is 23.7 Å². The van der Waals surface area contributed by atoms with Crippen molar-refractivity contribution in [3.63, 3.8) is 0 Å². The maximum Gasteiger partial charge on any atom is 0.246 e. The normalized spacial score (nSPS) is 34.6. The summed E-state index contributed by atoms with van der Waals surface area (Å²) >= 11 is 0. The molecule has 3 rings (SSSR count). The van der Waals surface area contributed by atoms with E-state index < -0.39 is 6.04 Å². The molecule has 0 spiro atoms. The summed E-state index contributed by atoms with van der Waals surface area (Å²) in [6.45, 7) is 4.86. The van der Waals surface area contributed by atoms with E-state index >= 15 is 0 Å². The number of ether oxygens (including phenoxy) is 1. The number of amides is 2. The number of nitrogens with one attached hydrogen (secondary N) is 1. The van der Waals surface area contributed by atoms with Gasteiger partial charge in [0, 0.05) is 25.6 Å². The second kappa shape index (κ2) is 5.59. The summed E-state index contributed by atoms with van der Waals surface area (Å²) in [6.07, 6.45) is 3.94. The first-order valence-electron chi connectivity index (χ1n) is 8.11. The van der Waals surface area contributed by atoms with E-state index in [0.717, 1.165) is 18.4 Å². The van der Waals surface area contributed by atoms with Gasteiger partial charge in [0.1, 0.15) is 12.6 Å². The van der Waals surface area contributed by atoms with Crippen LogP contribution in [0.3, 0.4) is 0 Å². The fourth-order valence-corrected chi connectivity index (χ4v) is 4.61. The summed E-state index contributed by atoms with van der Waals surface area (Å²) in [5.74, 6) is 2.27. The molecule has 0 aromatic heterocycles. The summed E-state index contributed by atoms with van der Waals surface area (Å²) < 4.78 is 4.84. The smallest absolute Gasteiger partial charge is 0.246 e. The average molecular weight is 294 g/mol. The van der Waals surface area contributed by atoms with Crippen LogP contribution in [-0.4, -0.2) is 49.1 Å². The SMILES string of the molecule is COCC(=O)N[C@H](C(=O)N1C[C@@H]2[C@H]3CC[C@@H](C3)[C@H]21)C(C)C. The topological polar surface area (TPSA) is 58.6 Å². The van der Waals surface area contributed by atoms with Crippen LogP contribution in [0.2, 0.25) is 0 Å². The van der Waals surface area contributed by atoms with Crippen LogP contribution in [-0.2, 0) is 14.3 Å². The van der Waals surface area contributed by atoms with Gasteiger partial charge >= 0.3 is 0 Å². The van der Waals surface area contributed by atoms with Crippen molar-refractivity contribution in [2.75, 3.05) is 20.3 Å². The Morgan fingerprint density at radius 3 is 2.62 bits per heavy atom. The fourth-order valence-electron chi connectivity index (χ4n) is 4.61. The third-order valence-corrected chi connectivity index (χ3v) is 5.62. The van der Waals surface area contributed by atoms with E-state index in [0.29, 0.717) is 12.0 Å². The van der Waals surface area contributed by atoms with Gasteiger partial charge < -0.3 is 15.0 Å². The van der Waals surface area contributed by atoms with Crippen molar-refractivity contribution >= 4 is 11.8 Å². The highest BCUT2D eigenvalue weighted by Crippen LogP contribution is 2.55. The molecule has 5 heteroatoms. The van der Waals surface area contributed by atoms with Crippen LogP contribution in [0.1, 0.15) is 33.1 Å². The Hall–Kier alpha value is -1.10. The molecule has 21 heavy (non-hydrogen) atoms. The van der Waals surface area contributed by atoms with E-state index in [1.807, 2.05) is 18.7 Å². The van der Waals surface area contributed by atoms with E-state index in [1.54, 1.807) is 0 Å². The third-order valence-electron chi connectivity index (χ3n) is 5.62. The van der Waals surface area contributed by atoms with Gasteiger partial charge in [0.05, 0.1) is 0 Å². The Kier molecular flexibility index (Phi) is 3.95. The summed E-state index contributed by atoms with van der Waals surface area (Å²) in [6, 6.07) is 0.0320. The van der Waals surface area contributed by atoms with Gasteiger partial charge in [0.2, 0.25) is 11.8 Å². The van der Waals surface area contributed by atoms with Crippen LogP contribution < -0.4 is 5.32 Å². The maximum absolute atomic E-state index is 12.8. The molecule has 5 atom stereocenters.